The van der Waals surface area contributed by atoms with Gasteiger partial charge in [-0.2, -0.15) is 0 Å². The van der Waals surface area contributed by atoms with Gasteiger partial charge in [0.1, 0.15) is 0 Å². The smallest absolute Gasteiger partial charge is 0.227 e. The first kappa shape index (κ1) is 21.3. The fraction of sp³-hybridized carbons (Fsp3) is 0.231. The standard InChI is InChI=1S/C26H25ClN2O2/c27-22-10-6-7-19(17-22)18-29-15-13-21(14-16-29)26(31)28-24-12-5-4-11-23(24)25(30)20-8-2-1-3-9-20/h1-12,17,21H,13-16,18H2,(H,28,31). The highest BCUT2D eigenvalue weighted by atomic mass is 35.5. The Kier molecular flexibility index (Phi) is 6.80. The molecule has 4 nitrogen and oxygen atoms in total. The molecule has 4 rings (SSSR count). The van der Waals surface area contributed by atoms with Crippen LogP contribution in [-0.4, -0.2) is 29.7 Å². The van der Waals surface area contributed by atoms with Gasteiger partial charge in [-0.1, -0.05) is 66.2 Å². The van der Waals surface area contributed by atoms with Gasteiger partial charge in [0.05, 0.1) is 5.69 Å². The van der Waals surface area contributed by atoms with Gasteiger partial charge in [-0.05, 0) is 55.8 Å². The van der Waals surface area contributed by atoms with E-state index in [1.807, 2.05) is 48.5 Å². The number of benzene rings is 3. The SMILES string of the molecule is O=C(c1ccccc1)c1ccccc1NC(=O)C1CCN(Cc2cccc(Cl)c2)CC1. The number of hydrogen-bond acceptors (Lipinski definition) is 3. The Morgan fingerprint density at radius 1 is 0.903 bits per heavy atom. The van der Waals surface area contributed by atoms with Crippen molar-refractivity contribution in [3.63, 3.8) is 0 Å². The second kappa shape index (κ2) is 9.90. The normalized spacial score (nSPS) is 14.9. The fourth-order valence-corrected chi connectivity index (χ4v) is 4.23. The van der Waals surface area contributed by atoms with Crippen molar-refractivity contribution in [2.75, 3.05) is 18.4 Å². The third-order valence-corrected chi connectivity index (χ3v) is 5.95. The first-order chi connectivity index (χ1) is 15.1. The third-order valence-electron chi connectivity index (χ3n) is 5.72. The van der Waals surface area contributed by atoms with Gasteiger partial charge in [0.25, 0.3) is 0 Å². The molecule has 0 aromatic heterocycles. The number of likely N-dealkylation sites (tertiary alicyclic amines) is 1. The van der Waals surface area contributed by atoms with Gasteiger partial charge in [0.2, 0.25) is 5.91 Å². The van der Waals surface area contributed by atoms with Crippen LogP contribution in [-0.2, 0) is 11.3 Å². The zero-order valence-electron chi connectivity index (χ0n) is 17.3. The monoisotopic (exact) mass is 432 g/mol. The predicted octanol–water partition coefficient (Wildman–Crippen LogP) is 5.42. The Bertz CT molecular complexity index is 1060. The number of hydrogen-bond donors (Lipinski definition) is 1. The summed E-state index contributed by atoms with van der Waals surface area (Å²) >= 11 is 6.08. The van der Waals surface area contributed by atoms with Crippen LogP contribution < -0.4 is 5.32 Å². The minimum Gasteiger partial charge on any atom is -0.325 e. The summed E-state index contributed by atoms with van der Waals surface area (Å²) in [7, 11) is 0. The Hall–Kier alpha value is -2.95. The molecule has 1 heterocycles. The molecule has 158 valence electrons. The lowest BCUT2D eigenvalue weighted by Crippen LogP contribution is -2.37. The van der Waals surface area contributed by atoms with E-state index in [9.17, 15) is 9.59 Å². The zero-order chi connectivity index (χ0) is 21.6. The molecule has 0 atom stereocenters. The number of para-hydroxylation sites is 1. The summed E-state index contributed by atoms with van der Waals surface area (Å²) in [6.45, 7) is 2.55. The van der Waals surface area contributed by atoms with Gasteiger partial charge in [0, 0.05) is 28.6 Å². The number of nitrogens with one attached hydrogen (secondary N) is 1. The maximum atomic E-state index is 12.9. The molecule has 0 aliphatic carbocycles. The Morgan fingerprint density at radius 2 is 1.61 bits per heavy atom. The van der Waals surface area contributed by atoms with Crippen LogP contribution in [0.25, 0.3) is 0 Å². The first-order valence-electron chi connectivity index (χ1n) is 10.6. The van der Waals surface area contributed by atoms with Crippen LogP contribution in [0.2, 0.25) is 5.02 Å². The van der Waals surface area contributed by atoms with Crippen LogP contribution in [0.3, 0.4) is 0 Å². The molecule has 1 aliphatic rings. The van der Waals surface area contributed by atoms with Gasteiger partial charge in [-0.15, -0.1) is 0 Å². The zero-order valence-corrected chi connectivity index (χ0v) is 18.0. The molecule has 3 aromatic rings. The lowest BCUT2D eigenvalue weighted by Gasteiger charge is -2.31. The molecule has 31 heavy (non-hydrogen) atoms. The van der Waals surface area contributed by atoms with Crippen molar-refractivity contribution >= 4 is 29.0 Å². The van der Waals surface area contributed by atoms with Crippen LogP contribution in [0.1, 0.15) is 34.3 Å². The summed E-state index contributed by atoms with van der Waals surface area (Å²) in [4.78, 5) is 28.2. The average Bonchev–Trinajstić information content (AvgIpc) is 2.80. The third kappa shape index (κ3) is 5.40. The Labute approximate surface area is 187 Å². The second-order valence-corrected chi connectivity index (χ2v) is 8.35. The molecule has 1 fully saturated rings. The largest absolute Gasteiger partial charge is 0.325 e. The Balaban J connectivity index is 1.37. The topological polar surface area (TPSA) is 49.4 Å². The molecule has 0 spiro atoms. The number of halogens is 1. The molecule has 0 unspecified atom stereocenters. The first-order valence-corrected chi connectivity index (χ1v) is 10.9. The highest BCUT2D eigenvalue weighted by Gasteiger charge is 2.26. The molecule has 0 radical (unpaired) electrons. The summed E-state index contributed by atoms with van der Waals surface area (Å²) < 4.78 is 0. The summed E-state index contributed by atoms with van der Waals surface area (Å²) in [5.41, 5.74) is 2.88. The van der Waals surface area contributed by atoms with E-state index in [1.54, 1.807) is 24.3 Å². The molecule has 0 saturated carbocycles. The van der Waals surface area contributed by atoms with Crippen LogP contribution in [0.5, 0.6) is 0 Å². The van der Waals surface area contributed by atoms with Crippen LogP contribution in [0.4, 0.5) is 5.69 Å². The molecule has 5 heteroatoms. The number of piperidine rings is 1. The molecular weight excluding hydrogens is 408 g/mol. The summed E-state index contributed by atoms with van der Waals surface area (Å²) in [6.07, 6.45) is 1.59. The fourth-order valence-electron chi connectivity index (χ4n) is 4.02. The van der Waals surface area contributed by atoms with Gasteiger partial charge in [-0.25, -0.2) is 0 Å². The molecule has 1 saturated heterocycles. The van der Waals surface area contributed by atoms with E-state index in [0.717, 1.165) is 37.5 Å². The molecule has 1 amide bonds. The predicted molar refractivity (Wildman–Crippen MR) is 124 cm³/mol. The molecule has 3 aromatic carbocycles. The van der Waals surface area contributed by atoms with Crippen molar-refractivity contribution in [3.8, 4) is 0 Å². The number of rotatable bonds is 6. The van der Waals surface area contributed by atoms with E-state index in [4.69, 9.17) is 11.6 Å². The average molecular weight is 433 g/mol. The minimum absolute atomic E-state index is 0.0179. The number of carbonyl (C=O) groups excluding carboxylic acids is 2. The second-order valence-electron chi connectivity index (χ2n) is 7.91. The highest BCUT2D eigenvalue weighted by Crippen LogP contribution is 2.24. The molecule has 1 aliphatic heterocycles. The van der Waals surface area contributed by atoms with Crippen molar-refractivity contribution in [1.29, 1.82) is 0 Å². The molecular formula is C26H25ClN2O2. The number of nitrogens with zero attached hydrogens (tertiary/aromatic N) is 1. The number of anilines is 1. The van der Waals surface area contributed by atoms with E-state index in [0.29, 0.717) is 16.8 Å². The van der Waals surface area contributed by atoms with Crippen LogP contribution in [0.15, 0.2) is 78.9 Å². The van der Waals surface area contributed by atoms with E-state index in [2.05, 4.69) is 16.3 Å². The lowest BCUT2D eigenvalue weighted by atomic mass is 9.95. The van der Waals surface area contributed by atoms with Gasteiger partial charge < -0.3 is 5.32 Å². The van der Waals surface area contributed by atoms with Crippen molar-refractivity contribution in [3.05, 3.63) is 101 Å². The van der Waals surface area contributed by atoms with Crippen LogP contribution >= 0.6 is 11.6 Å². The maximum absolute atomic E-state index is 12.9. The minimum atomic E-state index is -0.0900. The summed E-state index contributed by atoms with van der Waals surface area (Å²) in [6, 6.07) is 24.3. The maximum Gasteiger partial charge on any atom is 0.227 e. The van der Waals surface area contributed by atoms with Crippen molar-refractivity contribution in [2.45, 2.75) is 19.4 Å². The lowest BCUT2D eigenvalue weighted by molar-refractivity contribution is -0.121. The van der Waals surface area contributed by atoms with E-state index >= 15 is 0 Å². The van der Waals surface area contributed by atoms with E-state index in [1.165, 1.54) is 5.56 Å². The van der Waals surface area contributed by atoms with Crippen molar-refractivity contribution in [2.24, 2.45) is 5.92 Å². The number of amides is 1. The molecule has 0 bridgehead atoms. The highest BCUT2D eigenvalue weighted by molar-refractivity contribution is 6.30. The van der Waals surface area contributed by atoms with Gasteiger partial charge in [-0.3, -0.25) is 14.5 Å². The number of ketones is 1. The van der Waals surface area contributed by atoms with Crippen molar-refractivity contribution < 1.29 is 9.59 Å². The summed E-state index contributed by atoms with van der Waals surface area (Å²) in [5.74, 6) is -0.168. The van der Waals surface area contributed by atoms with Gasteiger partial charge >= 0.3 is 0 Å². The van der Waals surface area contributed by atoms with Gasteiger partial charge in [0.15, 0.2) is 5.78 Å². The van der Waals surface area contributed by atoms with Crippen molar-refractivity contribution in [1.82, 2.24) is 4.90 Å². The van der Waals surface area contributed by atoms with E-state index in [-0.39, 0.29) is 17.6 Å². The molecule has 1 N–H and O–H groups in total. The quantitative estimate of drug-likeness (QED) is 0.529. The Morgan fingerprint density at radius 3 is 2.35 bits per heavy atom. The van der Waals surface area contributed by atoms with E-state index < -0.39 is 0 Å². The van der Waals surface area contributed by atoms with Crippen LogP contribution in [0, 0.1) is 5.92 Å². The summed E-state index contributed by atoms with van der Waals surface area (Å²) in [5, 5.41) is 3.75. The number of carbonyl (C=O) groups is 2.